The van der Waals surface area contributed by atoms with Gasteiger partial charge in [-0.25, -0.2) is 8.78 Å². The first-order chi connectivity index (χ1) is 18.9. The fourth-order valence-corrected chi connectivity index (χ4v) is 5.21. The Morgan fingerprint density at radius 2 is 1.82 bits per heavy atom. The van der Waals surface area contributed by atoms with Gasteiger partial charge in [0.2, 0.25) is 0 Å². The first-order valence-corrected chi connectivity index (χ1v) is 12.9. The summed E-state index contributed by atoms with van der Waals surface area (Å²) in [5.41, 5.74) is 3.41. The molecule has 0 atom stereocenters. The second kappa shape index (κ2) is 10.0. The zero-order valence-electron chi connectivity index (χ0n) is 21.2. The van der Waals surface area contributed by atoms with E-state index in [1.54, 1.807) is 24.7 Å². The van der Waals surface area contributed by atoms with E-state index < -0.39 is 17.0 Å². The first kappa shape index (κ1) is 24.9. The molecule has 8 heteroatoms. The minimum absolute atomic E-state index is 0.0787. The number of nitrogens with one attached hydrogen (secondary N) is 1. The van der Waals surface area contributed by atoms with E-state index in [1.165, 1.54) is 10.6 Å². The van der Waals surface area contributed by atoms with Crippen molar-refractivity contribution in [2.75, 3.05) is 0 Å². The number of aromatic amines is 1. The lowest BCUT2D eigenvalue weighted by Crippen LogP contribution is -2.31. The molecule has 0 radical (unpaired) electrons. The lowest BCUT2D eigenvalue weighted by molar-refractivity contribution is -0.119. The Bertz CT molecular complexity index is 1710. The Morgan fingerprint density at radius 3 is 2.56 bits per heavy atom. The minimum atomic E-state index is -0.902. The van der Waals surface area contributed by atoms with Gasteiger partial charge in [-0.05, 0) is 54.7 Å². The fraction of sp³-hybridized carbons (Fsp3) is 0.226. The van der Waals surface area contributed by atoms with Gasteiger partial charge in [-0.2, -0.15) is 0 Å². The number of carbonyl (C=O) groups excluding carboxylic acids is 1. The lowest BCUT2D eigenvalue weighted by Gasteiger charge is -2.18. The average Bonchev–Trinajstić information content (AvgIpc) is 3.61. The van der Waals surface area contributed by atoms with Gasteiger partial charge in [0.1, 0.15) is 5.69 Å². The molecule has 196 valence electrons. The van der Waals surface area contributed by atoms with Crippen molar-refractivity contribution in [1.82, 2.24) is 19.5 Å². The van der Waals surface area contributed by atoms with Crippen LogP contribution >= 0.6 is 0 Å². The number of hydrogen-bond acceptors (Lipinski definition) is 4. The van der Waals surface area contributed by atoms with E-state index in [-0.39, 0.29) is 24.3 Å². The van der Waals surface area contributed by atoms with Crippen molar-refractivity contribution in [3.63, 3.8) is 0 Å². The van der Waals surface area contributed by atoms with Crippen molar-refractivity contribution < 1.29 is 13.6 Å². The van der Waals surface area contributed by atoms with Crippen molar-refractivity contribution in [3.8, 4) is 11.3 Å². The molecule has 0 bridgehead atoms. The SMILES string of the molecule is O=C(CCc1cc2cnccc2[nH]1)Cn1c(-c2ccccc2)cnc(CC2(c3ccc(F)c(F)c3)CC2)c1=O. The summed E-state index contributed by atoms with van der Waals surface area (Å²) >= 11 is 0. The number of nitrogens with zero attached hydrogens (tertiary/aromatic N) is 3. The van der Waals surface area contributed by atoms with Crippen molar-refractivity contribution in [1.29, 1.82) is 0 Å². The molecule has 3 heterocycles. The van der Waals surface area contributed by atoms with Crippen LogP contribution < -0.4 is 5.56 Å². The zero-order chi connectivity index (χ0) is 27.0. The lowest BCUT2D eigenvalue weighted by atomic mass is 9.90. The monoisotopic (exact) mass is 524 g/mol. The van der Waals surface area contributed by atoms with Gasteiger partial charge in [0, 0.05) is 47.2 Å². The Hall–Kier alpha value is -4.46. The number of halogens is 2. The molecule has 0 unspecified atom stereocenters. The topological polar surface area (TPSA) is 80.6 Å². The molecular formula is C31H26F2N4O2. The van der Waals surface area contributed by atoms with E-state index >= 15 is 0 Å². The normalized spacial score (nSPS) is 14.0. The summed E-state index contributed by atoms with van der Waals surface area (Å²) in [4.78, 5) is 38.8. The van der Waals surface area contributed by atoms with Gasteiger partial charge >= 0.3 is 0 Å². The molecule has 0 amide bonds. The molecule has 1 aliphatic carbocycles. The standard InChI is InChI=1S/C31H26F2N4O2/c32-25-9-6-22(15-26(25)33)31(11-12-31)16-28-30(39)37(29(18-35-28)20-4-2-1-3-5-20)19-24(38)8-7-23-14-21-17-34-13-10-27(21)36-23/h1-6,9-10,13-15,17-18,36H,7-8,11-12,16,19H2. The third kappa shape index (κ3) is 5.02. The van der Waals surface area contributed by atoms with Crippen LogP contribution in [-0.4, -0.2) is 25.3 Å². The number of benzene rings is 2. The molecule has 0 aliphatic heterocycles. The highest BCUT2D eigenvalue weighted by Crippen LogP contribution is 2.50. The Kier molecular flexibility index (Phi) is 6.38. The van der Waals surface area contributed by atoms with Crippen LogP contribution in [0.1, 0.15) is 36.2 Å². The van der Waals surface area contributed by atoms with Crippen LogP contribution in [0.25, 0.3) is 22.2 Å². The summed E-state index contributed by atoms with van der Waals surface area (Å²) in [6.07, 6.45) is 7.68. The summed E-state index contributed by atoms with van der Waals surface area (Å²) in [7, 11) is 0. The summed E-state index contributed by atoms with van der Waals surface area (Å²) in [6, 6.07) is 17.1. The number of rotatable bonds is 9. The molecule has 1 aliphatic rings. The third-order valence-corrected chi connectivity index (χ3v) is 7.57. The van der Waals surface area contributed by atoms with Crippen LogP contribution in [0.3, 0.4) is 0 Å². The second-order valence-corrected chi connectivity index (χ2v) is 10.2. The van der Waals surface area contributed by atoms with E-state index in [4.69, 9.17) is 0 Å². The molecule has 6 rings (SSSR count). The number of fused-ring (bicyclic) bond motifs is 1. The van der Waals surface area contributed by atoms with Gasteiger partial charge in [0.05, 0.1) is 18.4 Å². The predicted molar refractivity (Wildman–Crippen MR) is 144 cm³/mol. The molecule has 0 spiro atoms. The Morgan fingerprint density at radius 1 is 1.00 bits per heavy atom. The highest BCUT2D eigenvalue weighted by Gasteiger charge is 2.45. The Balaban J connectivity index is 1.28. The molecule has 0 saturated heterocycles. The maximum Gasteiger partial charge on any atom is 0.273 e. The van der Waals surface area contributed by atoms with Crippen LogP contribution in [0.4, 0.5) is 8.78 Å². The number of hydrogen-bond donors (Lipinski definition) is 1. The molecule has 5 aromatic rings. The summed E-state index contributed by atoms with van der Waals surface area (Å²) in [5.74, 6) is -1.88. The molecular weight excluding hydrogens is 498 g/mol. The number of aromatic nitrogens is 4. The van der Waals surface area contributed by atoms with Gasteiger partial charge in [0.15, 0.2) is 17.4 Å². The number of ketones is 1. The van der Waals surface area contributed by atoms with Crippen LogP contribution in [0.15, 0.2) is 84.0 Å². The van der Waals surface area contributed by atoms with Crippen molar-refractivity contribution in [2.24, 2.45) is 0 Å². The van der Waals surface area contributed by atoms with Gasteiger partial charge in [-0.3, -0.25) is 24.1 Å². The molecule has 1 saturated carbocycles. The van der Waals surface area contributed by atoms with E-state index in [9.17, 15) is 18.4 Å². The van der Waals surface area contributed by atoms with E-state index in [2.05, 4.69) is 15.0 Å². The maximum absolute atomic E-state index is 14.0. The molecule has 2 aromatic carbocycles. The van der Waals surface area contributed by atoms with Crippen molar-refractivity contribution in [2.45, 2.75) is 44.1 Å². The quantitative estimate of drug-likeness (QED) is 0.275. The Labute approximate surface area is 223 Å². The van der Waals surface area contributed by atoms with Gasteiger partial charge < -0.3 is 4.98 Å². The van der Waals surface area contributed by atoms with Crippen molar-refractivity contribution in [3.05, 3.63) is 118 Å². The second-order valence-electron chi connectivity index (χ2n) is 10.2. The summed E-state index contributed by atoms with van der Waals surface area (Å²) in [5, 5.41) is 0.983. The van der Waals surface area contributed by atoms with Crippen LogP contribution in [0.2, 0.25) is 0 Å². The highest BCUT2D eigenvalue weighted by molar-refractivity contribution is 5.81. The summed E-state index contributed by atoms with van der Waals surface area (Å²) in [6.45, 7) is -0.0848. The average molecular weight is 525 g/mol. The minimum Gasteiger partial charge on any atom is -0.358 e. The maximum atomic E-state index is 14.0. The number of Topliss-reactive ketones (excluding diaryl/α,β-unsaturated/α-hetero) is 1. The van der Waals surface area contributed by atoms with Crippen LogP contribution in [-0.2, 0) is 29.6 Å². The fourth-order valence-electron chi connectivity index (χ4n) is 5.21. The number of aryl methyl sites for hydroxylation is 1. The van der Waals surface area contributed by atoms with Crippen LogP contribution in [0, 0.1) is 11.6 Å². The molecule has 39 heavy (non-hydrogen) atoms. The number of carbonyl (C=O) groups is 1. The van der Waals surface area contributed by atoms with E-state index in [0.717, 1.165) is 41.1 Å². The first-order valence-electron chi connectivity index (χ1n) is 12.9. The molecule has 1 N–H and O–H groups in total. The smallest absolute Gasteiger partial charge is 0.273 e. The van der Waals surface area contributed by atoms with E-state index in [1.807, 2.05) is 42.5 Å². The zero-order valence-corrected chi connectivity index (χ0v) is 21.2. The van der Waals surface area contributed by atoms with Crippen molar-refractivity contribution >= 4 is 16.7 Å². The molecule has 3 aromatic heterocycles. The van der Waals surface area contributed by atoms with Gasteiger partial charge in [-0.15, -0.1) is 0 Å². The molecule has 6 nitrogen and oxygen atoms in total. The van der Waals surface area contributed by atoms with Crippen LogP contribution in [0.5, 0.6) is 0 Å². The van der Waals surface area contributed by atoms with E-state index in [0.29, 0.717) is 29.8 Å². The summed E-state index contributed by atoms with van der Waals surface area (Å²) < 4.78 is 29.0. The van der Waals surface area contributed by atoms with Gasteiger partial charge in [0.25, 0.3) is 5.56 Å². The van der Waals surface area contributed by atoms with Gasteiger partial charge in [-0.1, -0.05) is 36.4 Å². The number of H-pyrrole nitrogens is 1. The third-order valence-electron chi connectivity index (χ3n) is 7.57. The largest absolute Gasteiger partial charge is 0.358 e. The predicted octanol–water partition coefficient (Wildman–Crippen LogP) is 5.54. The molecule has 1 fully saturated rings. The highest BCUT2D eigenvalue weighted by atomic mass is 19.2. The number of pyridine rings is 1.